The van der Waals surface area contributed by atoms with Crippen molar-refractivity contribution in [2.75, 3.05) is 42.6 Å². The van der Waals surface area contributed by atoms with Gasteiger partial charge in [-0.15, -0.1) is 0 Å². The highest BCUT2D eigenvalue weighted by Gasteiger charge is 2.11. The molecule has 0 aromatic carbocycles. The van der Waals surface area contributed by atoms with Crippen LogP contribution in [0, 0.1) is 0 Å². The lowest BCUT2D eigenvalue weighted by atomic mass is 10.3. The van der Waals surface area contributed by atoms with Crippen LogP contribution < -0.4 is 10.6 Å². The van der Waals surface area contributed by atoms with Gasteiger partial charge in [0.15, 0.2) is 5.96 Å². The summed E-state index contributed by atoms with van der Waals surface area (Å²) in [5.41, 5.74) is 7.15. The molecule has 0 unspecified atom stereocenters. The molecule has 1 aromatic rings. The van der Waals surface area contributed by atoms with E-state index in [1.807, 2.05) is 18.0 Å². The number of pyridine rings is 1. The summed E-state index contributed by atoms with van der Waals surface area (Å²) in [7, 11) is 0. The molecule has 0 radical (unpaired) electrons. The van der Waals surface area contributed by atoms with Crippen molar-refractivity contribution in [1.29, 1.82) is 0 Å². The SMILES string of the molecule is CCN(CC)c1ccc(CN=C(N)N2CCSCC2)cn1. The molecule has 2 N–H and O–H groups in total. The molecular formula is C15H25N5S. The van der Waals surface area contributed by atoms with Gasteiger partial charge in [-0.3, -0.25) is 0 Å². The molecule has 5 nitrogen and oxygen atoms in total. The van der Waals surface area contributed by atoms with E-state index in [4.69, 9.17) is 5.73 Å². The Kier molecular flexibility index (Phi) is 6.17. The van der Waals surface area contributed by atoms with Crippen LogP contribution in [-0.4, -0.2) is 53.5 Å². The predicted octanol–water partition coefficient (Wildman–Crippen LogP) is 1.79. The zero-order valence-electron chi connectivity index (χ0n) is 13.0. The maximum absolute atomic E-state index is 6.06. The second kappa shape index (κ2) is 8.12. The summed E-state index contributed by atoms with van der Waals surface area (Å²) in [4.78, 5) is 13.4. The summed E-state index contributed by atoms with van der Waals surface area (Å²) in [6.45, 7) is 8.82. The first-order valence-corrected chi connectivity index (χ1v) is 8.72. The Morgan fingerprint density at radius 3 is 2.62 bits per heavy atom. The van der Waals surface area contributed by atoms with Gasteiger partial charge in [0.25, 0.3) is 0 Å². The van der Waals surface area contributed by atoms with E-state index in [9.17, 15) is 0 Å². The average Bonchev–Trinajstić information content (AvgIpc) is 2.55. The van der Waals surface area contributed by atoms with Crippen LogP contribution in [0.15, 0.2) is 23.3 Å². The van der Waals surface area contributed by atoms with Crippen LogP contribution in [0.3, 0.4) is 0 Å². The van der Waals surface area contributed by atoms with E-state index in [2.05, 4.69) is 45.8 Å². The first kappa shape index (κ1) is 15.9. The Bertz CT molecular complexity index is 450. The number of aromatic nitrogens is 1. The van der Waals surface area contributed by atoms with Gasteiger partial charge >= 0.3 is 0 Å². The van der Waals surface area contributed by atoms with Crippen molar-refractivity contribution in [3.63, 3.8) is 0 Å². The fourth-order valence-corrected chi connectivity index (χ4v) is 3.21. The minimum atomic E-state index is 0.598. The molecule has 1 aromatic heterocycles. The number of nitrogens with zero attached hydrogens (tertiary/aromatic N) is 4. The van der Waals surface area contributed by atoms with E-state index in [-0.39, 0.29) is 0 Å². The van der Waals surface area contributed by atoms with Gasteiger partial charge < -0.3 is 15.5 Å². The Hall–Kier alpha value is -1.43. The van der Waals surface area contributed by atoms with Crippen molar-refractivity contribution in [1.82, 2.24) is 9.88 Å². The molecule has 1 saturated heterocycles. The highest BCUT2D eigenvalue weighted by Crippen LogP contribution is 2.12. The van der Waals surface area contributed by atoms with Crippen LogP contribution in [0.5, 0.6) is 0 Å². The van der Waals surface area contributed by atoms with Crippen molar-refractivity contribution in [3.8, 4) is 0 Å². The zero-order chi connectivity index (χ0) is 15.1. The predicted molar refractivity (Wildman–Crippen MR) is 92.0 cm³/mol. The minimum absolute atomic E-state index is 0.598. The van der Waals surface area contributed by atoms with E-state index >= 15 is 0 Å². The van der Waals surface area contributed by atoms with Crippen LogP contribution >= 0.6 is 11.8 Å². The van der Waals surface area contributed by atoms with E-state index in [0.29, 0.717) is 12.5 Å². The van der Waals surface area contributed by atoms with Gasteiger partial charge in [-0.2, -0.15) is 11.8 Å². The number of guanidine groups is 1. The summed E-state index contributed by atoms with van der Waals surface area (Å²) in [6, 6.07) is 4.15. The van der Waals surface area contributed by atoms with Crippen molar-refractivity contribution in [2.24, 2.45) is 10.7 Å². The third kappa shape index (κ3) is 4.52. The monoisotopic (exact) mass is 307 g/mol. The van der Waals surface area contributed by atoms with Gasteiger partial charge in [-0.25, -0.2) is 9.98 Å². The first-order valence-electron chi connectivity index (χ1n) is 7.57. The fourth-order valence-electron chi connectivity index (χ4n) is 2.31. The molecule has 116 valence electrons. The van der Waals surface area contributed by atoms with Crippen LogP contribution in [0.2, 0.25) is 0 Å². The molecule has 0 aliphatic carbocycles. The summed E-state index contributed by atoms with van der Waals surface area (Å²) in [5, 5.41) is 0. The van der Waals surface area contributed by atoms with Gasteiger partial charge in [0.05, 0.1) is 6.54 Å². The van der Waals surface area contributed by atoms with Crippen molar-refractivity contribution in [2.45, 2.75) is 20.4 Å². The lowest BCUT2D eigenvalue weighted by Crippen LogP contribution is -2.42. The molecule has 0 atom stereocenters. The standard InChI is InChI=1S/C15H25N5S/c1-3-19(4-2)14-6-5-13(11-17-14)12-18-15(16)20-7-9-21-10-8-20/h5-6,11H,3-4,7-10,12H2,1-2H3,(H2,16,18). The third-order valence-corrected chi connectivity index (χ3v) is 4.60. The maximum Gasteiger partial charge on any atom is 0.191 e. The van der Waals surface area contributed by atoms with E-state index in [1.165, 1.54) is 0 Å². The summed E-state index contributed by atoms with van der Waals surface area (Å²) < 4.78 is 0. The van der Waals surface area contributed by atoms with Crippen molar-refractivity contribution < 1.29 is 0 Å². The quantitative estimate of drug-likeness (QED) is 0.664. The first-order chi connectivity index (χ1) is 10.2. The van der Waals surface area contributed by atoms with Gasteiger partial charge in [0.1, 0.15) is 5.82 Å². The number of aliphatic imine (C=N–C) groups is 1. The lowest BCUT2D eigenvalue weighted by molar-refractivity contribution is 0.455. The second-order valence-corrected chi connectivity index (χ2v) is 6.20. The maximum atomic E-state index is 6.06. The third-order valence-electron chi connectivity index (χ3n) is 3.66. The molecular weight excluding hydrogens is 282 g/mol. The highest BCUT2D eigenvalue weighted by molar-refractivity contribution is 7.99. The van der Waals surface area contributed by atoms with E-state index in [1.54, 1.807) is 0 Å². The largest absolute Gasteiger partial charge is 0.370 e. The molecule has 1 aliphatic heterocycles. The molecule has 6 heteroatoms. The Balaban J connectivity index is 1.93. The molecule has 0 saturated carbocycles. The van der Waals surface area contributed by atoms with Crippen LogP contribution in [0.1, 0.15) is 19.4 Å². The Morgan fingerprint density at radius 2 is 2.05 bits per heavy atom. The second-order valence-electron chi connectivity index (χ2n) is 4.97. The number of anilines is 1. The van der Waals surface area contributed by atoms with Gasteiger partial charge in [0, 0.05) is 43.9 Å². The molecule has 2 heterocycles. The van der Waals surface area contributed by atoms with Crippen LogP contribution in [0.25, 0.3) is 0 Å². The molecule has 21 heavy (non-hydrogen) atoms. The van der Waals surface area contributed by atoms with Gasteiger partial charge in [-0.1, -0.05) is 6.07 Å². The van der Waals surface area contributed by atoms with Crippen molar-refractivity contribution >= 4 is 23.5 Å². The number of rotatable bonds is 5. The summed E-state index contributed by atoms with van der Waals surface area (Å²) in [5.74, 6) is 3.95. The lowest BCUT2D eigenvalue weighted by Gasteiger charge is -2.27. The van der Waals surface area contributed by atoms with Crippen LogP contribution in [0.4, 0.5) is 5.82 Å². The molecule has 0 spiro atoms. The molecule has 1 aliphatic rings. The summed E-state index contributed by atoms with van der Waals surface area (Å²) in [6.07, 6.45) is 1.90. The van der Waals surface area contributed by atoms with E-state index in [0.717, 1.165) is 49.1 Å². The number of nitrogens with two attached hydrogens (primary N) is 1. The topological polar surface area (TPSA) is 57.8 Å². The molecule has 0 bridgehead atoms. The van der Waals surface area contributed by atoms with Crippen LogP contribution in [-0.2, 0) is 6.54 Å². The zero-order valence-corrected chi connectivity index (χ0v) is 13.8. The summed E-state index contributed by atoms with van der Waals surface area (Å²) >= 11 is 1.97. The number of thioether (sulfide) groups is 1. The Morgan fingerprint density at radius 1 is 1.33 bits per heavy atom. The number of hydrogen-bond acceptors (Lipinski definition) is 4. The molecule has 0 amide bonds. The smallest absolute Gasteiger partial charge is 0.191 e. The van der Waals surface area contributed by atoms with Crippen molar-refractivity contribution in [3.05, 3.63) is 23.9 Å². The molecule has 2 rings (SSSR count). The van der Waals surface area contributed by atoms with Gasteiger partial charge in [-0.05, 0) is 25.5 Å². The number of hydrogen-bond donors (Lipinski definition) is 1. The van der Waals surface area contributed by atoms with E-state index < -0.39 is 0 Å². The minimum Gasteiger partial charge on any atom is -0.370 e. The highest BCUT2D eigenvalue weighted by atomic mass is 32.2. The average molecular weight is 307 g/mol. The molecule has 1 fully saturated rings. The normalized spacial score (nSPS) is 16.1. The fraction of sp³-hybridized carbons (Fsp3) is 0.600. The van der Waals surface area contributed by atoms with Gasteiger partial charge in [0.2, 0.25) is 0 Å². The Labute approximate surface area is 131 Å².